The van der Waals surface area contributed by atoms with E-state index in [0.29, 0.717) is 0 Å². The number of hydrogen-bond acceptors (Lipinski definition) is 2. The lowest BCUT2D eigenvalue weighted by atomic mass is 10.2. The van der Waals surface area contributed by atoms with Crippen LogP contribution >= 0.6 is 0 Å². The van der Waals surface area contributed by atoms with Gasteiger partial charge in [-0.05, 0) is 25.5 Å². The minimum absolute atomic E-state index is 0.0859. The molecule has 0 aliphatic carbocycles. The third kappa shape index (κ3) is 2.49. The first-order valence-corrected chi connectivity index (χ1v) is 5.30. The van der Waals surface area contributed by atoms with Crippen LogP contribution in [0, 0.1) is 0 Å². The Kier molecular flexibility index (Phi) is 2.79. The lowest BCUT2D eigenvalue weighted by Crippen LogP contribution is -2.35. The minimum atomic E-state index is -0.567. The first-order chi connectivity index (χ1) is 7.57. The van der Waals surface area contributed by atoms with Crippen LogP contribution in [0.3, 0.4) is 0 Å². The fourth-order valence-corrected chi connectivity index (χ4v) is 1.66. The fraction of sp³-hybridized carbons (Fsp3) is 0.308. The van der Waals surface area contributed by atoms with Gasteiger partial charge in [-0.25, -0.2) is 0 Å². The number of hydrogen-bond donors (Lipinski definition) is 1. The minimum Gasteiger partial charge on any atom is -0.339 e. The molecule has 0 aromatic heterocycles. The lowest BCUT2D eigenvalue weighted by molar-refractivity contribution is -0.121. The molecule has 1 saturated heterocycles. The summed E-state index contributed by atoms with van der Waals surface area (Å²) in [4.78, 5) is 11.5. The molecule has 1 aromatic rings. The Hall–Kier alpha value is -1.61. The van der Waals surface area contributed by atoms with Crippen molar-refractivity contribution in [2.75, 3.05) is 0 Å². The largest absolute Gasteiger partial charge is 0.339 e. The predicted molar refractivity (Wildman–Crippen MR) is 62.6 cm³/mol. The molecule has 1 heterocycles. The molecule has 0 bridgehead atoms. The Morgan fingerprint density at radius 1 is 1.31 bits per heavy atom. The van der Waals surface area contributed by atoms with Crippen molar-refractivity contribution >= 4 is 12.0 Å². The average Bonchev–Trinajstić information content (AvgIpc) is 2.50. The monoisotopic (exact) mass is 217 g/mol. The second-order valence-electron chi connectivity index (χ2n) is 4.31. The van der Waals surface area contributed by atoms with E-state index >= 15 is 0 Å². The predicted octanol–water partition coefficient (Wildman–Crippen LogP) is 1.95. The molecule has 16 heavy (non-hydrogen) atoms. The van der Waals surface area contributed by atoms with E-state index in [1.807, 2.05) is 50.3 Å². The molecule has 3 heteroatoms. The van der Waals surface area contributed by atoms with Gasteiger partial charge in [-0.15, -0.1) is 0 Å². The molecule has 84 valence electrons. The van der Waals surface area contributed by atoms with Gasteiger partial charge in [0.2, 0.25) is 0 Å². The molecule has 3 nitrogen and oxygen atoms in total. The number of rotatable bonds is 2. The summed E-state index contributed by atoms with van der Waals surface area (Å²) in [6.07, 6.45) is 3.18. The van der Waals surface area contributed by atoms with Gasteiger partial charge in [0, 0.05) is 0 Å². The van der Waals surface area contributed by atoms with Crippen LogP contribution in [0.15, 0.2) is 36.4 Å². The Labute approximate surface area is 95.1 Å². The molecule has 1 fully saturated rings. The topological polar surface area (TPSA) is 38.3 Å². The quantitative estimate of drug-likeness (QED) is 0.822. The maximum atomic E-state index is 11.5. The molecular weight excluding hydrogens is 202 g/mol. The normalized spacial score (nSPS) is 23.6. The second-order valence-corrected chi connectivity index (χ2v) is 4.31. The molecule has 0 spiro atoms. The summed E-state index contributed by atoms with van der Waals surface area (Å²) < 4.78 is 5.54. The van der Waals surface area contributed by atoms with Crippen LogP contribution in [0.1, 0.15) is 19.4 Å². The molecule has 1 aromatic carbocycles. The third-order valence-corrected chi connectivity index (χ3v) is 2.37. The summed E-state index contributed by atoms with van der Waals surface area (Å²) in [5.41, 5.74) is 0.492. The summed E-state index contributed by atoms with van der Waals surface area (Å²) in [7, 11) is 0. The molecule has 1 aliphatic rings. The number of carbonyl (C=O) groups is 1. The van der Waals surface area contributed by atoms with Gasteiger partial charge in [-0.1, -0.05) is 36.4 Å². The van der Waals surface area contributed by atoms with E-state index in [1.54, 1.807) is 6.08 Å². The molecule has 0 saturated carbocycles. The van der Waals surface area contributed by atoms with Gasteiger partial charge >= 0.3 is 0 Å². The Morgan fingerprint density at radius 3 is 2.56 bits per heavy atom. The van der Waals surface area contributed by atoms with E-state index in [1.165, 1.54) is 0 Å². The average molecular weight is 217 g/mol. The Morgan fingerprint density at radius 2 is 2.00 bits per heavy atom. The van der Waals surface area contributed by atoms with Crippen molar-refractivity contribution in [2.45, 2.75) is 25.7 Å². The highest BCUT2D eigenvalue weighted by atomic mass is 16.5. The van der Waals surface area contributed by atoms with Crippen molar-refractivity contribution in [2.24, 2.45) is 0 Å². The first kappa shape index (κ1) is 10.9. The van der Waals surface area contributed by atoms with Gasteiger partial charge in [0.05, 0.1) is 0 Å². The third-order valence-electron chi connectivity index (χ3n) is 2.37. The highest BCUT2D eigenvalue weighted by Crippen LogP contribution is 2.18. The summed E-state index contributed by atoms with van der Waals surface area (Å²) in [6, 6.07) is 9.83. The highest BCUT2D eigenvalue weighted by molar-refractivity contribution is 5.86. The zero-order valence-corrected chi connectivity index (χ0v) is 9.44. The van der Waals surface area contributed by atoms with Crippen LogP contribution in [-0.4, -0.2) is 17.7 Å². The van der Waals surface area contributed by atoms with E-state index in [-0.39, 0.29) is 5.91 Å². The van der Waals surface area contributed by atoms with E-state index in [4.69, 9.17) is 4.74 Å². The standard InChI is InChI=1S/C13H15NO2/c1-13(2)14-12(15)11(16-13)9-8-10-6-4-3-5-7-10/h3-9,11H,1-2H3,(H,14,15)/b9-8+. The van der Waals surface area contributed by atoms with Crippen molar-refractivity contribution in [1.82, 2.24) is 5.32 Å². The molecule has 1 amide bonds. The van der Waals surface area contributed by atoms with Crippen molar-refractivity contribution in [3.05, 3.63) is 42.0 Å². The Balaban J connectivity index is 2.06. The molecule has 1 N–H and O–H groups in total. The highest BCUT2D eigenvalue weighted by Gasteiger charge is 2.36. The summed E-state index contributed by atoms with van der Waals surface area (Å²) in [5.74, 6) is -0.0859. The molecule has 1 atom stereocenters. The summed E-state index contributed by atoms with van der Waals surface area (Å²) >= 11 is 0. The fourth-order valence-electron chi connectivity index (χ4n) is 1.66. The maximum absolute atomic E-state index is 11.5. The number of benzene rings is 1. The van der Waals surface area contributed by atoms with E-state index in [2.05, 4.69) is 5.32 Å². The zero-order valence-electron chi connectivity index (χ0n) is 9.44. The van der Waals surface area contributed by atoms with Gasteiger partial charge in [0.1, 0.15) is 5.72 Å². The van der Waals surface area contributed by atoms with E-state index in [9.17, 15) is 4.79 Å². The first-order valence-electron chi connectivity index (χ1n) is 5.30. The molecular formula is C13H15NO2. The smallest absolute Gasteiger partial charge is 0.255 e. The van der Waals surface area contributed by atoms with Crippen LogP contribution in [0.4, 0.5) is 0 Å². The van der Waals surface area contributed by atoms with Crippen molar-refractivity contribution < 1.29 is 9.53 Å². The number of ether oxygens (including phenoxy) is 1. The van der Waals surface area contributed by atoms with Crippen LogP contribution < -0.4 is 5.32 Å². The van der Waals surface area contributed by atoms with Crippen molar-refractivity contribution in [1.29, 1.82) is 0 Å². The number of carbonyl (C=O) groups excluding carboxylic acids is 1. The SMILES string of the molecule is CC1(C)NC(=O)C(/C=C/c2ccccc2)O1. The zero-order chi connectivity index (χ0) is 11.6. The summed E-state index contributed by atoms with van der Waals surface area (Å²) in [6.45, 7) is 3.67. The summed E-state index contributed by atoms with van der Waals surface area (Å²) in [5, 5.41) is 2.77. The molecule has 1 unspecified atom stereocenters. The number of amides is 1. The van der Waals surface area contributed by atoms with E-state index < -0.39 is 11.8 Å². The van der Waals surface area contributed by atoms with Crippen molar-refractivity contribution in [3.8, 4) is 0 Å². The van der Waals surface area contributed by atoms with Crippen LogP contribution in [-0.2, 0) is 9.53 Å². The number of nitrogens with one attached hydrogen (secondary N) is 1. The molecule has 0 radical (unpaired) electrons. The van der Waals surface area contributed by atoms with Gasteiger partial charge in [-0.2, -0.15) is 0 Å². The van der Waals surface area contributed by atoms with Crippen LogP contribution in [0.2, 0.25) is 0 Å². The Bertz CT molecular complexity index is 409. The van der Waals surface area contributed by atoms with E-state index in [0.717, 1.165) is 5.56 Å². The van der Waals surface area contributed by atoms with Gasteiger partial charge in [0.15, 0.2) is 6.10 Å². The van der Waals surface area contributed by atoms with Crippen molar-refractivity contribution in [3.63, 3.8) is 0 Å². The van der Waals surface area contributed by atoms with Gasteiger partial charge in [-0.3, -0.25) is 4.79 Å². The second kappa shape index (κ2) is 4.10. The van der Waals surface area contributed by atoms with Crippen LogP contribution in [0.25, 0.3) is 6.08 Å². The lowest BCUT2D eigenvalue weighted by Gasteiger charge is -2.16. The maximum Gasteiger partial charge on any atom is 0.255 e. The van der Waals surface area contributed by atoms with Crippen LogP contribution in [0.5, 0.6) is 0 Å². The van der Waals surface area contributed by atoms with Gasteiger partial charge < -0.3 is 10.1 Å². The van der Waals surface area contributed by atoms with Gasteiger partial charge in [0.25, 0.3) is 5.91 Å². The molecule has 2 rings (SSSR count). The molecule has 1 aliphatic heterocycles.